The number of hydrogen-bond donors (Lipinski definition) is 1. The van der Waals surface area contributed by atoms with Crippen LogP contribution in [-0.2, 0) is 9.59 Å². The molecule has 1 saturated heterocycles. The molecule has 1 unspecified atom stereocenters. The molecule has 1 saturated carbocycles. The van der Waals surface area contributed by atoms with Crippen molar-refractivity contribution < 1.29 is 9.59 Å². The molecule has 0 spiro atoms. The zero-order valence-electron chi connectivity index (χ0n) is 10.6. The summed E-state index contributed by atoms with van der Waals surface area (Å²) in [6, 6.07) is -0.0755. The fourth-order valence-electron chi connectivity index (χ4n) is 2.11. The molecule has 2 aliphatic rings. The molecule has 1 atom stereocenters. The first-order chi connectivity index (χ1) is 8.13. The SMILES string of the molecule is CCN(C)CCNC1CC(=O)N(C2CC2)C1=O. The summed E-state index contributed by atoms with van der Waals surface area (Å²) in [6.07, 6.45) is 2.32. The van der Waals surface area contributed by atoms with Crippen LogP contribution >= 0.6 is 0 Å². The molecule has 96 valence electrons. The Balaban J connectivity index is 1.78. The lowest BCUT2D eigenvalue weighted by molar-refractivity contribution is -0.139. The van der Waals surface area contributed by atoms with Crippen molar-refractivity contribution in [2.75, 3.05) is 26.7 Å². The molecule has 5 heteroatoms. The molecule has 0 aromatic carbocycles. The zero-order valence-corrected chi connectivity index (χ0v) is 10.6. The molecule has 5 nitrogen and oxygen atoms in total. The second-order valence-corrected chi connectivity index (χ2v) is 4.94. The Morgan fingerprint density at radius 2 is 2.12 bits per heavy atom. The van der Waals surface area contributed by atoms with Crippen molar-refractivity contribution in [3.63, 3.8) is 0 Å². The number of hydrogen-bond acceptors (Lipinski definition) is 4. The van der Waals surface area contributed by atoms with E-state index in [0.717, 1.165) is 32.5 Å². The molecule has 1 N–H and O–H groups in total. The first kappa shape index (κ1) is 12.5. The average molecular weight is 239 g/mol. The molecule has 1 aliphatic heterocycles. The van der Waals surface area contributed by atoms with Crippen molar-refractivity contribution >= 4 is 11.8 Å². The highest BCUT2D eigenvalue weighted by atomic mass is 16.2. The summed E-state index contributed by atoms with van der Waals surface area (Å²) in [6.45, 7) is 4.75. The van der Waals surface area contributed by atoms with Crippen molar-refractivity contribution in [1.29, 1.82) is 0 Å². The molecule has 1 heterocycles. The minimum absolute atomic E-state index is 0.00107. The van der Waals surface area contributed by atoms with Gasteiger partial charge in [-0.2, -0.15) is 0 Å². The fraction of sp³-hybridized carbons (Fsp3) is 0.833. The van der Waals surface area contributed by atoms with E-state index in [1.807, 2.05) is 7.05 Å². The number of nitrogens with zero attached hydrogens (tertiary/aromatic N) is 2. The van der Waals surface area contributed by atoms with Crippen LogP contribution in [0.1, 0.15) is 26.2 Å². The summed E-state index contributed by atoms with van der Waals surface area (Å²) in [7, 11) is 2.04. The highest BCUT2D eigenvalue weighted by Gasteiger charge is 2.45. The molecule has 0 bridgehead atoms. The Morgan fingerprint density at radius 1 is 1.41 bits per heavy atom. The zero-order chi connectivity index (χ0) is 12.4. The third kappa shape index (κ3) is 2.84. The van der Waals surface area contributed by atoms with Crippen LogP contribution in [0.2, 0.25) is 0 Å². The van der Waals surface area contributed by atoms with Gasteiger partial charge in [0, 0.05) is 19.1 Å². The molecule has 17 heavy (non-hydrogen) atoms. The van der Waals surface area contributed by atoms with Crippen LogP contribution in [0.25, 0.3) is 0 Å². The van der Waals surface area contributed by atoms with Crippen LogP contribution in [0, 0.1) is 0 Å². The van der Waals surface area contributed by atoms with E-state index in [-0.39, 0.29) is 23.9 Å². The number of carbonyl (C=O) groups excluding carboxylic acids is 2. The molecular formula is C12H21N3O2. The van der Waals surface area contributed by atoms with E-state index < -0.39 is 0 Å². The minimum atomic E-state index is -0.284. The predicted octanol–water partition coefficient (Wildman–Crippen LogP) is -0.182. The van der Waals surface area contributed by atoms with Gasteiger partial charge in [-0.05, 0) is 26.4 Å². The molecule has 2 fully saturated rings. The van der Waals surface area contributed by atoms with Gasteiger partial charge in [-0.3, -0.25) is 14.5 Å². The first-order valence-corrected chi connectivity index (χ1v) is 6.41. The summed E-state index contributed by atoms with van der Waals surface area (Å²) in [4.78, 5) is 27.3. The van der Waals surface area contributed by atoms with Gasteiger partial charge in [0.25, 0.3) is 0 Å². The van der Waals surface area contributed by atoms with Gasteiger partial charge in [0.05, 0.1) is 12.5 Å². The van der Waals surface area contributed by atoms with Gasteiger partial charge in [-0.15, -0.1) is 0 Å². The normalized spacial score (nSPS) is 25.1. The summed E-state index contributed by atoms with van der Waals surface area (Å²) in [5.41, 5.74) is 0. The van der Waals surface area contributed by atoms with E-state index in [1.54, 1.807) is 0 Å². The molecule has 2 amide bonds. The summed E-state index contributed by atoms with van der Waals surface area (Å²) in [5, 5.41) is 3.19. The standard InChI is InChI=1S/C12H21N3O2/c1-3-14(2)7-6-13-10-8-11(16)15(12(10)17)9-4-5-9/h9-10,13H,3-8H2,1-2H3. The number of likely N-dealkylation sites (tertiary alicyclic amines) is 1. The van der Waals surface area contributed by atoms with Crippen LogP contribution < -0.4 is 5.32 Å². The van der Waals surface area contributed by atoms with E-state index in [1.165, 1.54) is 4.90 Å². The van der Waals surface area contributed by atoms with Gasteiger partial charge >= 0.3 is 0 Å². The minimum Gasteiger partial charge on any atom is -0.305 e. The number of amides is 2. The van der Waals surface area contributed by atoms with Gasteiger partial charge in [-0.1, -0.05) is 6.92 Å². The second kappa shape index (κ2) is 5.14. The van der Waals surface area contributed by atoms with Crippen molar-refractivity contribution in [3.05, 3.63) is 0 Å². The molecule has 0 aromatic heterocycles. The van der Waals surface area contributed by atoms with E-state index in [2.05, 4.69) is 17.1 Å². The predicted molar refractivity (Wildman–Crippen MR) is 64.5 cm³/mol. The molecule has 0 aromatic rings. The van der Waals surface area contributed by atoms with Crippen molar-refractivity contribution in [1.82, 2.24) is 15.1 Å². The summed E-state index contributed by atoms with van der Waals surface area (Å²) < 4.78 is 0. The summed E-state index contributed by atoms with van der Waals surface area (Å²) in [5.74, 6) is -0.0181. The Morgan fingerprint density at radius 3 is 2.71 bits per heavy atom. The number of rotatable bonds is 6. The third-order valence-electron chi connectivity index (χ3n) is 3.52. The van der Waals surface area contributed by atoms with E-state index in [9.17, 15) is 9.59 Å². The van der Waals surface area contributed by atoms with Crippen LogP contribution in [0.3, 0.4) is 0 Å². The fourth-order valence-corrected chi connectivity index (χ4v) is 2.11. The molecule has 2 rings (SSSR count). The average Bonchev–Trinajstić information content (AvgIpc) is 3.08. The maximum Gasteiger partial charge on any atom is 0.247 e. The van der Waals surface area contributed by atoms with Gasteiger partial charge in [0.1, 0.15) is 0 Å². The summed E-state index contributed by atoms with van der Waals surface area (Å²) >= 11 is 0. The molecular weight excluding hydrogens is 218 g/mol. The van der Waals surface area contributed by atoms with Crippen LogP contribution in [-0.4, -0.2) is 60.4 Å². The number of imide groups is 1. The van der Waals surface area contributed by atoms with E-state index in [4.69, 9.17) is 0 Å². The van der Waals surface area contributed by atoms with Gasteiger partial charge in [-0.25, -0.2) is 0 Å². The molecule has 0 radical (unpaired) electrons. The number of likely N-dealkylation sites (N-methyl/N-ethyl adjacent to an activating group) is 1. The highest BCUT2D eigenvalue weighted by Crippen LogP contribution is 2.31. The lowest BCUT2D eigenvalue weighted by Crippen LogP contribution is -2.42. The van der Waals surface area contributed by atoms with Gasteiger partial charge < -0.3 is 10.2 Å². The van der Waals surface area contributed by atoms with Crippen LogP contribution in [0.5, 0.6) is 0 Å². The maximum absolute atomic E-state index is 12.0. The van der Waals surface area contributed by atoms with Gasteiger partial charge in [0.2, 0.25) is 11.8 Å². The number of carbonyl (C=O) groups is 2. The van der Waals surface area contributed by atoms with Crippen LogP contribution in [0.15, 0.2) is 0 Å². The van der Waals surface area contributed by atoms with Crippen molar-refractivity contribution in [2.45, 2.75) is 38.3 Å². The molecule has 1 aliphatic carbocycles. The maximum atomic E-state index is 12.0. The lowest BCUT2D eigenvalue weighted by Gasteiger charge is -2.17. The number of nitrogens with one attached hydrogen (secondary N) is 1. The second-order valence-electron chi connectivity index (χ2n) is 4.94. The van der Waals surface area contributed by atoms with Crippen molar-refractivity contribution in [3.8, 4) is 0 Å². The smallest absolute Gasteiger partial charge is 0.247 e. The lowest BCUT2D eigenvalue weighted by atomic mass is 10.2. The highest BCUT2D eigenvalue weighted by molar-refractivity contribution is 6.06. The van der Waals surface area contributed by atoms with Crippen molar-refractivity contribution in [2.24, 2.45) is 0 Å². The third-order valence-corrected chi connectivity index (χ3v) is 3.52. The Hall–Kier alpha value is -0.940. The monoisotopic (exact) mass is 239 g/mol. The largest absolute Gasteiger partial charge is 0.305 e. The Bertz CT molecular complexity index is 315. The van der Waals surface area contributed by atoms with E-state index >= 15 is 0 Å². The topological polar surface area (TPSA) is 52.7 Å². The Labute approximate surface area is 102 Å². The van der Waals surface area contributed by atoms with Gasteiger partial charge in [0.15, 0.2) is 0 Å². The Kier molecular flexibility index (Phi) is 3.79. The quantitative estimate of drug-likeness (QED) is 0.653. The first-order valence-electron chi connectivity index (χ1n) is 6.41. The van der Waals surface area contributed by atoms with Crippen LogP contribution in [0.4, 0.5) is 0 Å². The van der Waals surface area contributed by atoms with E-state index in [0.29, 0.717) is 6.42 Å².